The van der Waals surface area contributed by atoms with Crippen LogP contribution >= 0.6 is 11.3 Å². The first-order chi connectivity index (χ1) is 6.68. The van der Waals surface area contributed by atoms with Crippen LogP contribution in [0.15, 0.2) is 11.4 Å². The third-order valence-corrected chi connectivity index (χ3v) is 3.92. The summed E-state index contributed by atoms with van der Waals surface area (Å²) in [7, 11) is 0. The molecule has 0 radical (unpaired) electrons. The van der Waals surface area contributed by atoms with Crippen molar-refractivity contribution in [3.05, 3.63) is 21.9 Å². The number of fused-ring (bicyclic) bond motifs is 1. The summed E-state index contributed by atoms with van der Waals surface area (Å²) in [5, 5.41) is 2.20. The normalized spacial score (nSPS) is 24.6. The van der Waals surface area contributed by atoms with Gasteiger partial charge in [0.15, 0.2) is 0 Å². The molecule has 1 aliphatic rings. The van der Waals surface area contributed by atoms with Crippen LogP contribution in [0.4, 0.5) is 0 Å². The highest BCUT2D eigenvalue weighted by Crippen LogP contribution is 2.32. The predicted molar refractivity (Wildman–Crippen MR) is 61.7 cm³/mol. The zero-order chi connectivity index (χ0) is 10.1. The summed E-state index contributed by atoms with van der Waals surface area (Å²) in [5.74, 6) is 0. The highest BCUT2D eigenvalue weighted by atomic mass is 32.1. The van der Waals surface area contributed by atoms with Gasteiger partial charge in [0.1, 0.15) is 0 Å². The summed E-state index contributed by atoms with van der Waals surface area (Å²) in [4.78, 5) is 4.05. The van der Waals surface area contributed by atoms with Crippen LogP contribution in [-0.2, 0) is 6.42 Å². The van der Waals surface area contributed by atoms with Gasteiger partial charge >= 0.3 is 0 Å². The number of thiophene rings is 1. The number of nitrogens with two attached hydrogens (primary N) is 1. The average molecular weight is 210 g/mol. The fourth-order valence-electron chi connectivity index (χ4n) is 2.18. The zero-order valence-corrected chi connectivity index (χ0v) is 9.68. The lowest BCUT2D eigenvalue weighted by Gasteiger charge is -2.34. The Morgan fingerprint density at radius 1 is 1.71 bits per heavy atom. The van der Waals surface area contributed by atoms with Gasteiger partial charge in [-0.15, -0.1) is 11.3 Å². The predicted octanol–water partition coefficient (Wildman–Crippen LogP) is 2.01. The summed E-state index contributed by atoms with van der Waals surface area (Å²) in [6.45, 7) is 6.54. The Balaban J connectivity index is 2.13. The van der Waals surface area contributed by atoms with Gasteiger partial charge in [0, 0.05) is 30.1 Å². The molecule has 2 nitrogen and oxygen atoms in total. The Kier molecular flexibility index (Phi) is 2.91. The number of nitrogens with zero attached hydrogens (tertiary/aromatic N) is 1. The Labute approximate surface area is 89.7 Å². The summed E-state index contributed by atoms with van der Waals surface area (Å²) in [6, 6.07) is 3.09. The molecule has 1 aromatic heterocycles. The van der Waals surface area contributed by atoms with Gasteiger partial charge in [-0.05, 0) is 37.3 Å². The summed E-state index contributed by atoms with van der Waals surface area (Å²) in [5.41, 5.74) is 7.36. The topological polar surface area (TPSA) is 29.3 Å². The van der Waals surface area contributed by atoms with Gasteiger partial charge < -0.3 is 5.73 Å². The van der Waals surface area contributed by atoms with Gasteiger partial charge in [-0.3, -0.25) is 4.90 Å². The number of hydrogen-bond acceptors (Lipinski definition) is 3. The second-order valence-corrected chi connectivity index (χ2v) is 5.20. The standard InChI is InChI=1S/C11H18N2S/c1-8(12)7-13-5-3-11-10(9(13)2)4-6-14-11/h4,6,8-9H,3,5,7,12H2,1-2H3. The van der Waals surface area contributed by atoms with Gasteiger partial charge in [-0.1, -0.05) is 0 Å². The van der Waals surface area contributed by atoms with E-state index in [1.807, 2.05) is 11.3 Å². The van der Waals surface area contributed by atoms with E-state index >= 15 is 0 Å². The van der Waals surface area contributed by atoms with Crippen molar-refractivity contribution in [3.8, 4) is 0 Å². The molecular formula is C11H18N2S. The van der Waals surface area contributed by atoms with E-state index < -0.39 is 0 Å². The van der Waals surface area contributed by atoms with Crippen molar-refractivity contribution >= 4 is 11.3 Å². The van der Waals surface area contributed by atoms with E-state index in [1.54, 1.807) is 4.88 Å². The molecule has 0 aliphatic carbocycles. The second-order valence-electron chi connectivity index (χ2n) is 4.20. The van der Waals surface area contributed by atoms with E-state index in [0.29, 0.717) is 6.04 Å². The molecule has 0 aromatic carbocycles. The van der Waals surface area contributed by atoms with Crippen molar-refractivity contribution in [2.45, 2.75) is 32.4 Å². The van der Waals surface area contributed by atoms with E-state index in [-0.39, 0.29) is 6.04 Å². The molecule has 14 heavy (non-hydrogen) atoms. The Hall–Kier alpha value is -0.380. The Morgan fingerprint density at radius 2 is 2.50 bits per heavy atom. The van der Waals surface area contributed by atoms with Crippen LogP contribution in [0.1, 0.15) is 30.3 Å². The van der Waals surface area contributed by atoms with Gasteiger partial charge in [-0.2, -0.15) is 0 Å². The SMILES string of the molecule is CC(N)CN1CCc2sccc2C1C. The van der Waals surface area contributed by atoms with Crippen molar-refractivity contribution in [1.29, 1.82) is 0 Å². The lowest BCUT2D eigenvalue weighted by atomic mass is 10.0. The second kappa shape index (κ2) is 4.01. The molecule has 3 heteroatoms. The van der Waals surface area contributed by atoms with E-state index in [4.69, 9.17) is 5.73 Å². The van der Waals surface area contributed by atoms with E-state index in [2.05, 4.69) is 30.2 Å². The average Bonchev–Trinajstić information content (AvgIpc) is 2.57. The molecule has 78 valence electrons. The largest absolute Gasteiger partial charge is 0.327 e. The fourth-order valence-corrected chi connectivity index (χ4v) is 3.14. The molecule has 0 saturated carbocycles. The Bertz CT molecular complexity index is 306. The van der Waals surface area contributed by atoms with Gasteiger partial charge in [0.2, 0.25) is 0 Å². The molecule has 2 unspecified atom stereocenters. The highest BCUT2D eigenvalue weighted by Gasteiger charge is 2.24. The van der Waals surface area contributed by atoms with Crippen molar-refractivity contribution in [3.63, 3.8) is 0 Å². The first-order valence-corrected chi connectivity index (χ1v) is 6.12. The van der Waals surface area contributed by atoms with Crippen LogP contribution in [0.3, 0.4) is 0 Å². The molecular weight excluding hydrogens is 192 g/mol. The van der Waals surface area contributed by atoms with Gasteiger partial charge in [0.25, 0.3) is 0 Å². The molecule has 2 rings (SSSR count). The molecule has 0 spiro atoms. The number of rotatable bonds is 2. The molecule has 1 aromatic rings. The molecule has 0 saturated heterocycles. The van der Waals surface area contributed by atoms with Crippen molar-refractivity contribution in [1.82, 2.24) is 4.90 Å². The third kappa shape index (κ3) is 1.85. The first kappa shape index (κ1) is 10.1. The van der Waals surface area contributed by atoms with Gasteiger partial charge in [-0.25, -0.2) is 0 Å². The number of hydrogen-bond donors (Lipinski definition) is 1. The Morgan fingerprint density at radius 3 is 3.21 bits per heavy atom. The zero-order valence-electron chi connectivity index (χ0n) is 8.86. The van der Waals surface area contributed by atoms with E-state index in [9.17, 15) is 0 Å². The van der Waals surface area contributed by atoms with Crippen LogP contribution in [-0.4, -0.2) is 24.0 Å². The highest BCUT2D eigenvalue weighted by molar-refractivity contribution is 7.10. The molecule has 2 heterocycles. The van der Waals surface area contributed by atoms with E-state index in [1.165, 1.54) is 12.0 Å². The minimum Gasteiger partial charge on any atom is -0.327 e. The van der Waals surface area contributed by atoms with Crippen LogP contribution in [0.5, 0.6) is 0 Å². The molecule has 0 amide bonds. The van der Waals surface area contributed by atoms with Crippen molar-refractivity contribution in [2.24, 2.45) is 5.73 Å². The quantitative estimate of drug-likeness (QED) is 0.809. The maximum Gasteiger partial charge on any atom is 0.0331 e. The fraction of sp³-hybridized carbons (Fsp3) is 0.636. The minimum atomic E-state index is 0.276. The van der Waals surface area contributed by atoms with Crippen molar-refractivity contribution < 1.29 is 0 Å². The van der Waals surface area contributed by atoms with E-state index in [0.717, 1.165) is 13.1 Å². The molecule has 1 aliphatic heterocycles. The molecule has 0 fully saturated rings. The van der Waals surface area contributed by atoms with Crippen LogP contribution in [0, 0.1) is 0 Å². The molecule has 2 atom stereocenters. The summed E-state index contributed by atoms with van der Waals surface area (Å²) < 4.78 is 0. The lowest BCUT2D eigenvalue weighted by molar-refractivity contribution is 0.191. The maximum atomic E-state index is 5.84. The summed E-state index contributed by atoms with van der Waals surface area (Å²) in [6.07, 6.45) is 1.20. The monoisotopic (exact) mass is 210 g/mol. The van der Waals surface area contributed by atoms with Crippen molar-refractivity contribution in [2.75, 3.05) is 13.1 Å². The minimum absolute atomic E-state index is 0.276. The molecule has 2 N–H and O–H groups in total. The lowest BCUT2D eigenvalue weighted by Crippen LogP contribution is -2.40. The van der Waals surface area contributed by atoms with Gasteiger partial charge in [0.05, 0.1) is 0 Å². The summed E-state index contributed by atoms with van der Waals surface area (Å²) >= 11 is 1.89. The first-order valence-electron chi connectivity index (χ1n) is 5.24. The van der Waals surface area contributed by atoms with Crippen LogP contribution in [0.25, 0.3) is 0 Å². The third-order valence-electron chi connectivity index (χ3n) is 2.93. The van der Waals surface area contributed by atoms with Crippen LogP contribution < -0.4 is 5.73 Å². The smallest absolute Gasteiger partial charge is 0.0331 e. The molecule has 0 bridgehead atoms. The van der Waals surface area contributed by atoms with Crippen LogP contribution in [0.2, 0.25) is 0 Å². The maximum absolute atomic E-state index is 5.84.